The third-order valence-corrected chi connectivity index (χ3v) is 7.59. The van der Waals surface area contributed by atoms with Crippen LogP contribution in [-0.2, 0) is 46.9 Å². The zero-order valence-electron chi connectivity index (χ0n) is 27.5. The summed E-state index contributed by atoms with van der Waals surface area (Å²) in [6.45, 7) is 4.65. The fourth-order valence-corrected chi connectivity index (χ4v) is 4.56. The van der Waals surface area contributed by atoms with Crippen LogP contribution >= 0.6 is 7.82 Å². The smallest absolute Gasteiger partial charge is 0.267 e. The van der Waals surface area contributed by atoms with E-state index < -0.39 is 7.82 Å². The Kier molecular flexibility index (Phi) is 34.9. The van der Waals surface area contributed by atoms with Crippen LogP contribution in [0, 0.1) is 0 Å². The van der Waals surface area contributed by atoms with Gasteiger partial charge in [-0.15, -0.1) is 0 Å². The zero-order valence-corrected chi connectivity index (χ0v) is 28.4. The molecule has 13 nitrogen and oxygen atoms in total. The summed E-state index contributed by atoms with van der Waals surface area (Å²) >= 11 is 0. The van der Waals surface area contributed by atoms with Crippen molar-refractivity contribution >= 4 is 19.6 Å². The molecule has 0 aromatic carbocycles. The summed E-state index contributed by atoms with van der Waals surface area (Å²) in [6, 6.07) is 0. The van der Waals surface area contributed by atoms with Crippen LogP contribution in [0.5, 0.6) is 0 Å². The van der Waals surface area contributed by atoms with Crippen molar-refractivity contribution in [2.45, 2.75) is 103 Å². The second-order valence-electron chi connectivity index (χ2n) is 10.5. The average molecular weight is 672 g/mol. The Morgan fingerprint density at radius 3 is 1.67 bits per heavy atom. The Morgan fingerprint density at radius 2 is 1.11 bits per heavy atom. The average Bonchev–Trinajstić information content (AvgIpc) is 3.00. The van der Waals surface area contributed by atoms with E-state index in [2.05, 4.69) is 19.7 Å². The van der Waals surface area contributed by atoms with E-state index in [4.69, 9.17) is 23.7 Å². The Labute approximate surface area is 272 Å². The van der Waals surface area contributed by atoms with E-state index in [1.165, 1.54) is 19.3 Å². The molecule has 0 radical (unpaired) electrons. The number of unbranched alkanes of at least 4 members (excludes halogenated alkanes) is 9. The molecule has 0 bridgehead atoms. The highest BCUT2D eigenvalue weighted by atomic mass is 31.2. The molecule has 0 aromatic rings. The third kappa shape index (κ3) is 34.0. The molecule has 0 fully saturated rings. The Morgan fingerprint density at radius 1 is 0.622 bits per heavy atom. The van der Waals surface area contributed by atoms with Gasteiger partial charge in [0, 0.05) is 53.9 Å². The van der Waals surface area contributed by atoms with Gasteiger partial charge in [-0.2, -0.15) is 0 Å². The van der Waals surface area contributed by atoms with Crippen molar-refractivity contribution in [3.63, 3.8) is 0 Å². The summed E-state index contributed by atoms with van der Waals surface area (Å²) in [5.74, 6) is -0.0673. The molecule has 0 heterocycles. The van der Waals surface area contributed by atoms with E-state index in [9.17, 15) is 19.0 Å². The predicted octanol–water partition coefficient (Wildman–Crippen LogP) is 4.16. The van der Waals surface area contributed by atoms with Crippen molar-refractivity contribution in [2.75, 3.05) is 87.3 Å². The first kappa shape index (κ1) is 46.0. The standard InChI is InChI=1S/C30H61N2O11P.CH4/c1-37-22-24-41-27-28(42-25-23-38-2)26-40-20-15-19-32-30(34)17-14-16-29(33)31-18-12-10-8-6-4-5-7-9-11-13-21-43-44(35,36)39-3;/h28H,4-27H2,1-3H3,(H,31,33)(H,32,34)(H,35,36);1H4/p-1. The summed E-state index contributed by atoms with van der Waals surface area (Å²) in [5.41, 5.74) is 0. The highest BCUT2D eigenvalue weighted by Gasteiger charge is 2.10. The van der Waals surface area contributed by atoms with Crippen molar-refractivity contribution < 1.29 is 51.8 Å². The lowest BCUT2D eigenvalue weighted by molar-refractivity contribution is -0.223. The number of phosphoric ester groups is 1. The number of hydrogen-bond acceptors (Lipinski definition) is 11. The molecule has 0 saturated carbocycles. The number of carbonyl (C=O) groups is 2. The molecule has 2 unspecified atom stereocenters. The summed E-state index contributed by atoms with van der Waals surface area (Å²) in [7, 11) is 0.258. The van der Waals surface area contributed by atoms with E-state index in [1.807, 2.05) is 0 Å². The van der Waals surface area contributed by atoms with Crippen LogP contribution < -0.4 is 15.5 Å². The van der Waals surface area contributed by atoms with Gasteiger partial charge in [-0.1, -0.05) is 58.8 Å². The van der Waals surface area contributed by atoms with Crippen LogP contribution in [0.4, 0.5) is 0 Å². The number of rotatable bonds is 34. The van der Waals surface area contributed by atoms with Crippen molar-refractivity contribution in [1.29, 1.82) is 0 Å². The van der Waals surface area contributed by atoms with E-state index in [1.54, 1.807) is 14.2 Å². The number of phosphoric acid groups is 1. The minimum Gasteiger partial charge on any atom is -0.756 e. The number of carbonyl (C=O) groups excluding carboxylic acids is 2. The van der Waals surface area contributed by atoms with Crippen molar-refractivity contribution in [3.05, 3.63) is 0 Å². The van der Waals surface area contributed by atoms with E-state index >= 15 is 0 Å². The minimum atomic E-state index is -4.09. The van der Waals surface area contributed by atoms with Gasteiger partial charge in [0.05, 0.1) is 46.2 Å². The maximum atomic E-state index is 12.0. The van der Waals surface area contributed by atoms with Gasteiger partial charge in [0.25, 0.3) is 7.82 Å². The number of hydrogen-bond donors (Lipinski definition) is 2. The summed E-state index contributed by atoms with van der Waals surface area (Å²) in [6.07, 6.45) is 12.3. The zero-order chi connectivity index (χ0) is 32.6. The van der Waals surface area contributed by atoms with Crippen LogP contribution in [0.1, 0.15) is 97.3 Å². The molecule has 2 atom stereocenters. The lowest BCUT2D eigenvalue weighted by atomic mass is 10.1. The Bertz CT molecular complexity index is 719. The quantitative estimate of drug-likeness (QED) is 0.0746. The van der Waals surface area contributed by atoms with Crippen LogP contribution in [0.2, 0.25) is 0 Å². The van der Waals surface area contributed by atoms with E-state index in [-0.39, 0.29) is 32.0 Å². The van der Waals surface area contributed by atoms with E-state index in [0.29, 0.717) is 91.4 Å². The van der Waals surface area contributed by atoms with Gasteiger partial charge in [0.2, 0.25) is 11.8 Å². The summed E-state index contributed by atoms with van der Waals surface area (Å²) in [5, 5.41) is 5.81. The van der Waals surface area contributed by atoms with Crippen molar-refractivity contribution in [1.82, 2.24) is 10.6 Å². The molecule has 45 heavy (non-hydrogen) atoms. The molecule has 270 valence electrons. The molecule has 0 rings (SSSR count). The summed E-state index contributed by atoms with van der Waals surface area (Å²) < 4.78 is 46.9. The Balaban J connectivity index is 0. The van der Waals surface area contributed by atoms with Crippen molar-refractivity contribution in [2.24, 2.45) is 0 Å². The molecule has 0 spiro atoms. The van der Waals surface area contributed by atoms with Crippen LogP contribution in [0.25, 0.3) is 0 Å². The Hall–Kier alpha value is -1.15. The minimum absolute atomic E-state index is 0. The van der Waals surface area contributed by atoms with Gasteiger partial charge < -0.3 is 48.3 Å². The number of nitrogens with one attached hydrogen (secondary N) is 2. The van der Waals surface area contributed by atoms with Gasteiger partial charge in [0.15, 0.2) is 0 Å². The maximum Gasteiger partial charge on any atom is 0.267 e. The topological polar surface area (TPSA) is 163 Å². The first-order valence-corrected chi connectivity index (χ1v) is 17.6. The van der Waals surface area contributed by atoms with Gasteiger partial charge in [-0.05, 0) is 25.7 Å². The van der Waals surface area contributed by atoms with Crippen LogP contribution in [0.3, 0.4) is 0 Å². The van der Waals surface area contributed by atoms with Gasteiger partial charge in [0.1, 0.15) is 6.10 Å². The highest BCUT2D eigenvalue weighted by molar-refractivity contribution is 7.45. The predicted molar refractivity (Wildman–Crippen MR) is 173 cm³/mol. The van der Waals surface area contributed by atoms with Gasteiger partial charge >= 0.3 is 0 Å². The van der Waals surface area contributed by atoms with E-state index in [0.717, 1.165) is 45.6 Å². The third-order valence-electron chi connectivity index (χ3n) is 6.64. The first-order valence-electron chi connectivity index (χ1n) is 16.1. The van der Waals surface area contributed by atoms with Crippen LogP contribution in [-0.4, -0.2) is 105 Å². The molecule has 0 aliphatic carbocycles. The lowest BCUT2D eigenvalue weighted by Gasteiger charge is -2.19. The first-order chi connectivity index (χ1) is 21.3. The fraction of sp³-hybridized carbons (Fsp3) is 0.935. The number of methoxy groups -OCH3 is 2. The monoisotopic (exact) mass is 671 g/mol. The van der Waals surface area contributed by atoms with Crippen molar-refractivity contribution in [3.8, 4) is 0 Å². The molecular weight excluding hydrogens is 607 g/mol. The molecular formula is C31H64N2O11P-. The molecule has 0 aromatic heterocycles. The normalized spacial score (nSPS) is 13.2. The molecule has 0 saturated heterocycles. The second-order valence-corrected chi connectivity index (χ2v) is 12.1. The molecule has 0 aliphatic heterocycles. The fourth-order valence-electron chi connectivity index (χ4n) is 4.10. The highest BCUT2D eigenvalue weighted by Crippen LogP contribution is 2.36. The number of amides is 2. The second kappa shape index (κ2) is 34.2. The van der Waals surface area contributed by atoms with Gasteiger partial charge in [-0.3, -0.25) is 14.2 Å². The lowest BCUT2D eigenvalue weighted by Crippen LogP contribution is -2.29. The van der Waals surface area contributed by atoms with Crippen LogP contribution in [0.15, 0.2) is 0 Å². The largest absolute Gasteiger partial charge is 0.756 e. The molecule has 2 N–H and O–H groups in total. The maximum absolute atomic E-state index is 12.0. The van der Waals surface area contributed by atoms with Gasteiger partial charge in [-0.25, -0.2) is 0 Å². The molecule has 2 amide bonds. The SMILES string of the molecule is C.COCCOCC(COCCCNC(=O)CCCC(=O)NCCCCCCCCCCCCOP(=O)([O-])OC)OCCOC. The molecule has 0 aliphatic rings. The summed E-state index contributed by atoms with van der Waals surface area (Å²) in [4.78, 5) is 35.1. The molecule has 14 heteroatoms. The number of ether oxygens (including phenoxy) is 5.